The number of nitrogens with one attached hydrogen (secondary N) is 1. The zero-order valence-electron chi connectivity index (χ0n) is 13.2. The molecule has 2 heterocycles. The summed E-state index contributed by atoms with van der Waals surface area (Å²) in [4.78, 5) is 12.9. The van der Waals surface area contributed by atoms with Gasteiger partial charge in [0.2, 0.25) is 0 Å². The molecular formula is C15H23N7. The Bertz CT molecular complexity index is 631. The second-order valence-electron chi connectivity index (χ2n) is 5.97. The molecular weight excluding hydrogens is 278 g/mol. The minimum absolute atomic E-state index is 0.339. The Morgan fingerprint density at radius 2 is 2.14 bits per heavy atom. The van der Waals surface area contributed by atoms with Gasteiger partial charge in [-0.15, -0.1) is 0 Å². The SMILES string of the molecule is Cc1nc(C)n(CCCNc2cc(C3CC(N)C3)ncn2)n1. The molecule has 1 aliphatic rings. The molecule has 3 rings (SSSR count). The molecule has 1 fully saturated rings. The number of nitrogens with zero attached hydrogens (tertiary/aromatic N) is 5. The number of nitrogens with two attached hydrogens (primary N) is 1. The highest BCUT2D eigenvalue weighted by Crippen LogP contribution is 2.34. The number of rotatable bonds is 6. The molecule has 1 aliphatic carbocycles. The van der Waals surface area contributed by atoms with Gasteiger partial charge in [0.1, 0.15) is 23.8 Å². The molecule has 7 nitrogen and oxygen atoms in total. The number of hydrogen-bond donors (Lipinski definition) is 2. The van der Waals surface area contributed by atoms with E-state index in [1.165, 1.54) is 0 Å². The summed E-state index contributed by atoms with van der Waals surface area (Å²) >= 11 is 0. The van der Waals surface area contributed by atoms with Crippen LogP contribution in [0.15, 0.2) is 12.4 Å². The molecule has 1 saturated carbocycles. The lowest BCUT2D eigenvalue weighted by molar-refractivity contribution is 0.345. The van der Waals surface area contributed by atoms with Crippen LogP contribution >= 0.6 is 0 Å². The van der Waals surface area contributed by atoms with Gasteiger partial charge in [0.25, 0.3) is 0 Å². The summed E-state index contributed by atoms with van der Waals surface area (Å²) in [6.45, 7) is 5.60. The number of aromatic nitrogens is 5. The van der Waals surface area contributed by atoms with Crippen molar-refractivity contribution in [2.24, 2.45) is 5.73 Å². The molecule has 2 aromatic heterocycles. The molecule has 0 unspecified atom stereocenters. The standard InChI is InChI=1S/C15H23N7/c1-10-20-11(2)22(21-10)5-3-4-17-15-8-14(18-9-19-15)12-6-13(16)7-12/h8-9,12-13H,3-7,16H2,1-2H3,(H,17,18,19). The number of anilines is 1. The molecule has 0 saturated heterocycles. The summed E-state index contributed by atoms with van der Waals surface area (Å²) in [7, 11) is 0. The molecule has 0 amide bonds. The minimum Gasteiger partial charge on any atom is -0.370 e. The average molecular weight is 301 g/mol. The van der Waals surface area contributed by atoms with Gasteiger partial charge in [-0.25, -0.2) is 15.0 Å². The van der Waals surface area contributed by atoms with Crippen molar-refractivity contribution in [2.75, 3.05) is 11.9 Å². The molecule has 7 heteroatoms. The summed E-state index contributed by atoms with van der Waals surface area (Å²) in [6, 6.07) is 2.38. The molecule has 0 atom stereocenters. The fourth-order valence-electron chi connectivity index (χ4n) is 2.81. The van der Waals surface area contributed by atoms with Crippen molar-refractivity contribution in [3.63, 3.8) is 0 Å². The first-order chi connectivity index (χ1) is 10.6. The van der Waals surface area contributed by atoms with E-state index in [1.54, 1.807) is 6.33 Å². The third kappa shape index (κ3) is 3.41. The Labute approximate surface area is 130 Å². The highest BCUT2D eigenvalue weighted by Gasteiger charge is 2.28. The Morgan fingerprint density at radius 3 is 2.82 bits per heavy atom. The van der Waals surface area contributed by atoms with Gasteiger partial charge in [-0.3, -0.25) is 4.68 Å². The van der Waals surface area contributed by atoms with Gasteiger partial charge in [-0.2, -0.15) is 5.10 Å². The van der Waals surface area contributed by atoms with Crippen LogP contribution in [-0.2, 0) is 6.54 Å². The summed E-state index contributed by atoms with van der Waals surface area (Å²) in [5.41, 5.74) is 6.94. The van der Waals surface area contributed by atoms with Crippen molar-refractivity contribution in [3.05, 3.63) is 29.7 Å². The Morgan fingerprint density at radius 1 is 1.32 bits per heavy atom. The van der Waals surface area contributed by atoms with Crippen LogP contribution in [0.1, 0.15) is 42.5 Å². The molecule has 22 heavy (non-hydrogen) atoms. The van der Waals surface area contributed by atoms with E-state index in [2.05, 4.69) is 25.4 Å². The van der Waals surface area contributed by atoms with Crippen molar-refractivity contribution >= 4 is 5.82 Å². The topological polar surface area (TPSA) is 94.5 Å². The third-order valence-electron chi connectivity index (χ3n) is 4.10. The molecule has 0 aromatic carbocycles. The van der Waals surface area contributed by atoms with E-state index in [4.69, 9.17) is 5.73 Å². The van der Waals surface area contributed by atoms with Gasteiger partial charge in [-0.1, -0.05) is 0 Å². The van der Waals surface area contributed by atoms with Crippen LogP contribution in [0.25, 0.3) is 0 Å². The monoisotopic (exact) mass is 301 g/mol. The molecule has 3 N–H and O–H groups in total. The van der Waals surface area contributed by atoms with E-state index in [9.17, 15) is 0 Å². The van der Waals surface area contributed by atoms with E-state index in [-0.39, 0.29) is 0 Å². The van der Waals surface area contributed by atoms with Gasteiger partial charge in [-0.05, 0) is 33.1 Å². The van der Waals surface area contributed by atoms with Crippen molar-refractivity contribution in [1.82, 2.24) is 24.7 Å². The first-order valence-corrected chi connectivity index (χ1v) is 7.81. The molecule has 0 spiro atoms. The fraction of sp³-hybridized carbons (Fsp3) is 0.600. The highest BCUT2D eigenvalue weighted by molar-refractivity contribution is 5.36. The number of hydrogen-bond acceptors (Lipinski definition) is 6. The Balaban J connectivity index is 1.47. The summed E-state index contributed by atoms with van der Waals surface area (Å²) in [6.07, 6.45) is 4.66. The van der Waals surface area contributed by atoms with Crippen LogP contribution in [0.5, 0.6) is 0 Å². The first-order valence-electron chi connectivity index (χ1n) is 7.81. The molecule has 118 valence electrons. The van der Waals surface area contributed by atoms with Crippen LogP contribution in [0.4, 0.5) is 5.82 Å². The maximum Gasteiger partial charge on any atom is 0.147 e. The fourth-order valence-corrected chi connectivity index (χ4v) is 2.81. The molecule has 0 bridgehead atoms. The summed E-state index contributed by atoms with van der Waals surface area (Å²) in [5, 5.41) is 7.71. The summed E-state index contributed by atoms with van der Waals surface area (Å²) in [5.74, 6) is 3.17. The van der Waals surface area contributed by atoms with Gasteiger partial charge in [0.15, 0.2) is 0 Å². The Hall–Kier alpha value is -2.02. The van der Waals surface area contributed by atoms with Crippen molar-refractivity contribution < 1.29 is 0 Å². The zero-order chi connectivity index (χ0) is 15.5. The van der Waals surface area contributed by atoms with Gasteiger partial charge >= 0.3 is 0 Å². The van der Waals surface area contributed by atoms with Crippen molar-refractivity contribution in [3.8, 4) is 0 Å². The maximum atomic E-state index is 5.84. The molecule has 2 aromatic rings. The van der Waals surface area contributed by atoms with Gasteiger partial charge in [0, 0.05) is 36.8 Å². The first kappa shape index (κ1) is 14.9. The van der Waals surface area contributed by atoms with E-state index < -0.39 is 0 Å². The molecule has 0 radical (unpaired) electrons. The lowest BCUT2D eigenvalue weighted by Gasteiger charge is -2.31. The van der Waals surface area contributed by atoms with Crippen LogP contribution in [0.3, 0.4) is 0 Å². The zero-order valence-corrected chi connectivity index (χ0v) is 13.2. The second kappa shape index (κ2) is 6.39. The normalized spacial score (nSPS) is 20.7. The quantitative estimate of drug-likeness (QED) is 0.783. The highest BCUT2D eigenvalue weighted by atomic mass is 15.3. The van der Waals surface area contributed by atoms with Crippen molar-refractivity contribution in [2.45, 2.75) is 51.6 Å². The van der Waals surface area contributed by atoms with Gasteiger partial charge in [0.05, 0.1) is 0 Å². The van der Waals surface area contributed by atoms with E-state index in [1.807, 2.05) is 24.6 Å². The van der Waals surface area contributed by atoms with Crippen LogP contribution in [0.2, 0.25) is 0 Å². The van der Waals surface area contributed by atoms with E-state index >= 15 is 0 Å². The summed E-state index contributed by atoms with van der Waals surface area (Å²) < 4.78 is 1.94. The molecule has 0 aliphatic heterocycles. The smallest absolute Gasteiger partial charge is 0.147 e. The predicted octanol–water partition coefficient (Wildman–Crippen LogP) is 1.39. The number of aryl methyl sites for hydroxylation is 3. The largest absolute Gasteiger partial charge is 0.370 e. The maximum absolute atomic E-state index is 5.84. The lowest BCUT2D eigenvalue weighted by atomic mass is 9.79. The van der Waals surface area contributed by atoms with Crippen LogP contribution in [-0.4, -0.2) is 37.3 Å². The van der Waals surface area contributed by atoms with E-state index in [0.29, 0.717) is 12.0 Å². The van der Waals surface area contributed by atoms with Gasteiger partial charge < -0.3 is 11.1 Å². The third-order valence-corrected chi connectivity index (χ3v) is 4.10. The Kier molecular flexibility index (Phi) is 4.33. The van der Waals surface area contributed by atoms with Crippen LogP contribution < -0.4 is 11.1 Å². The lowest BCUT2D eigenvalue weighted by Crippen LogP contribution is -2.35. The van der Waals surface area contributed by atoms with Crippen LogP contribution in [0, 0.1) is 13.8 Å². The average Bonchev–Trinajstić information content (AvgIpc) is 2.79. The minimum atomic E-state index is 0.339. The van der Waals surface area contributed by atoms with E-state index in [0.717, 1.165) is 55.5 Å². The second-order valence-corrected chi connectivity index (χ2v) is 5.97. The van der Waals surface area contributed by atoms with Crippen molar-refractivity contribution in [1.29, 1.82) is 0 Å². The predicted molar refractivity (Wildman–Crippen MR) is 84.6 cm³/mol.